The van der Waals surface area contributed by atoms with Crippen LogP contribution in [-0.4, -0.2) is 17.7 Å². The molecule has 3 nitrogen and oxygen atoms in total. The van der Waals surface area contributed by atoms with Crippen molar-refractivity contribution >= 4 is 5.97 Å². The van der Waals surface area contributed by atoms with Crippen molar-refractivity contribution < 1.29 is 14.3 Å². The van der Waals surface area contributed by atoms with Crippen molar-refractivity contribution in [2.45, 2.75) is 64.8 Å². The molecule has 3 rings (SSSR count). The highest BCUT2D eigenvalue weighted by molar-refractivity contribution is 5.67. The zero-order chi connectivity index (χ0) is 16.0. The Hall–Kier alpha value is -1.35. The van der Waals surface area contributed by atoms with Crippen LogP contribution in [0.1, 0.15) is 58.6 Å². The maximum absolute atomic E-state index is 11.7. The Balaban J connectivity index is 1.85. The molecule has 1 unspecified atom stereocenters. The molecule has 0 radical (unpaired) electrons. The van der Waals surface area contributed by atoms with Crippen LogP contribution in [0.25, 0.3) is 0 Å². The monoisotopic (exact) mass is 302 g/mol. The summed E-state index contributed by atoms with van der Waals surface area (Å²) in [6.07, 6.45) is 2.85. The van der Waals surface area contributed by atoms with E-state index in [1.807, 2.05) is 18.2 Å². The third kappa shape index (κ3) is 2.56. The third-order valence-electron chi connectivity index (χ3n) is 5.33. The Kier molecular flexibility index (Phi) is 3.80. The van der Waals surface area contributed by atoms with Crippen molar-refractivity contribution in [1.82, 2.24) is 0 Å². The molecule has 120 valence electrons. The number of benzene rings is 1. The molecular formula is C19H26O3. The molecule has 3 heteroatoms. The lowest BCUT2D eigenvalue weighted by atomic mass is 9.62. The van der Waals surface area contributed by atoms with E-state index in [0.717, 1.165) is 24.8 Å². The van der Waals surface area contributed by atoms with Gasteiger partial charge in [0.15, 0.2) is 5.60 Å². The van der Waals surface area contributed by atoms with Gasteiger partial charge in [0.25, 0.3) is 0 Å². The van der Waals surface area contributed by atoms with E-state index in [1.54, 1.807) is 0 Å². The van der Waals surface area contributed by atoms with Crippen LogP contribution in [0.2, 0.25) is 0 Å². The summed E-state index contributed by atoms with van der Waals surface area (Å²) in [5, 5.41) is 0. The Bertz CT molecular complexity index is 546. The summed E-state index contributed by atoms with van der Waals surface area (Å²) in [6, 6.07) is 10.1. The quantitative estimate of drug-likeness (QED) is 0.765. The van der Waals surface area contributed by atoms with Crippen LogP contribution < -0.4 is 0 Å². The van der Waals surface area contributed by atoms with Gasteiger partial charge in [0.2, 0.25) is 0 Å². The van der Waals surface area contributed by atoms with Gasteiger partial charge in [-0.2, -0.15) is 0 Å². The van der Waals surface area contributed by atoms with Gasteiger partial charge >= 0.3 is 5.97 Å². The molecule has 2 fully saturated rings. The lowest BCUT2D eigenvalue weighted by Gasteiger charge is -2.59. The van der Waals surface area contributed by atoms with E-state index < -0.39 is 5.60 Å². The molecule has 1 aliphatic heterocycles. The Labute approximate surface area is 133 Å². The first-order valence-electron chi connectivity index (χ1n) is 8.23. The molecule has 0 N–H and O–H groups in total. The Morgan fingerprint density at radius 1 is 1.27 bits per heavy atom. The van der Waals surface area contributed by atoms with Gasteiger partial charge in [0.05, 0.1) is 0 Å². The first-order valence-corrected chi connectivity index (χ1v) is 8.23. The Morgan fingerprint density at radius 3 is 2.50 bits per heavy atom. The zero-order valence-electron chi connectivity index (χ0n) is 14.0. The molecule has 1 heterocycles. The van der Waals surface area contributed by atoms with Crippen LogP contribution in [0.4, 0.5) is 0 Å². The van der Waals surface area contributed by atoms with Crippen LogP contribution in [-0.2, 0) is 14.3 Å². The second-order valence-electron chi connectivity index (χ2n) is 7.80. The fourth-order valence-corrected chi connectivity index (χ4v) is 4.03. The number of ether oxygens (including phenoxy) is 2. The zero-order valence-corrected chi connectivity index (χ0v) is 14.0. The molecule has 0 bridgehead atoms. The number of esters is 1. The van der Waals surface area contributed by atoms with Crippen molar-refractivity contribution in [2.24, 2.45) is 11.3 Å². The topological polar surface area (TPSA) is 35.5 Å². The van der Waals surface area contributed by atoms with E-state index in [0.29, 0.717) is 5.92 Å². The van der Waals surface area contributed by atoms with Crippen molar-refractivity contribution in [2.75, 3.05) is 0 Å². The van der Waals surface area contributed by atoms with Gasteiger partial charge in [0.1, 0.15) is 12.2 Å². The second-order valence-corrected chi connectivity index (χ2v) is 7.80. The molecule has 1 aromatic carbocycles. The van der Waals surface area contributed by atoms with E-state index in [1.165, 1.54) is 6.92 Å². The molecule has 1 aromatic rings. The summed E-state index contributed by atoms with van der Waals surface area (Å²) >= 11 is 0. The summed E-state index contributed by atoms with van der Waals surface area (Å²) in [5.74, 6) is 0.404. The fourth-order valence-electron chi connectivity index (χ4n) is 4.03. The number of carbonyl (C=O) groups is 1. The fraction of sp³-hybridized carbons (Fsp3) is 0.632. The highest BCUT2D eigenvalue weighted by Gasteiger charge is 2.62. The SMILES string of the molecule is CC(=O)O[C@]12CCC(C(C)(C)C)C[C@H]1O[C@@H]2c1ccccc1. The van der Waals surface area contributed by atoms with Crippen LogP contribution >= 0.6 is 0 Å². The standard InChI is InChI=1S/C19H26O3/c1-13(20)22-19-11-10-15(18(2,3)4)12-16(19)21-17(19)14-8-6-5-7-9-14/h5-9,15-17H,10-12H2,1-4H3/t15?,16-,17-,19-/m1/s1. The van der Waals surface area contributed by atoms with Gasteiger partial charge in [-0.1, -0.05) is 51.1 Å². The molecule has 2 aliphatic rings. The minimum Gasteiger partial charge on any atom is -0.453 e. The van der Waals surface area contributed by atoms with Gasteiger partial charge in [-0.05, 0) is 36.2 Å². The van der Waals surface area contributed by atoms with Gasteiger partial charge in [-0.25, -0.2) is 0 Å². The van der Waals surface area contributed by atoms with Crippen LogP contribution in [0.15, 0.2) is 30.3 Å². The van der Waals surface area contributed by atoms with Gasteiger partial charge in [-0.15, -0.1) is 0 Å². The van der Waals surface area contributed by atoms with Crippen molar-refractivity contribution in [1.29, 1.82) is 0 Å². The molecule has 1 saturated heterocycles. The summed E-state index contributed by atoms with van der Waals surface area (Å²) in [7, 11) is 0. The largest absolute Gasteiger partial charge is 0.453 e. The first kappa shape index (κ1) is 15.5. The molecule has 22 heavy (non-hydrogen) atoms. The number of rotatable bonds is 2. The summed E-state index contributed by atoms with van der Waals surface area (Å²) in [5.41, 5.74) is 0.910. The molecule has 0 amide bonds. The lowest BCUT2D eigenvalue weighted by Crippen LogP contribution is -2.65. The molecular weight excluding hydrogens is 276 g/mol. The van der Waals surface area contributed by atoms with Crippen LogP contribution in [0, 0.1) is 11.3 Å². The average Bonchev–Trinajstić information content (AvgIpc) is 2.42. The lowest BCUT2D eigenvalue weighted by molar-refractivity contribution is -0.321. The minimum atomic E-state index is -0.463. The van der Waals surface area contributed by atoms with Crippen molar-refractivity contribution in [3.8, 4) is 0 Å². The number of hydrogen-bond donors (Lipinski definition) is 0. The smallest absolute Gasteiger partial charge is 0.303 e. The van der Waals surface area contributed by atoms with E-state index in [4.69, 9.17) is 9.47 Å². The average molecular weight is 302 g/mol. The van der Waals surface area contributed by atoms with E-state index in [9.17, 15) is 4.79 Å². The van der Waals surface area contributed by atoms with Crippen LogP contribution in [0.5, 0.6) is 0 Å². The van der Waals surface area contributed by atoms with Crippen molar-refractivity contribution in [3.05, 3.63) is 35.9 Å². The third-order valence-corrected chi connectivity index (χ3v) is 5.33. The summed E-state index contributed by atoms with van der Waals surface area (Å²) in [6.45, 7) is 8.35. The Morgan fingerprint density at radius 2 is 1.95 bits per heavy atom. The van der Waals surface area contributed by atoms with Crippen molar-refractivity contribution in [3.63, 3.8) is 0 Å². The predicted molar refractivity (Wildman–Crippen MR) is 85.3 cm³/mol. The highest BCUT2D eigenvalue weighted by Crippen LogP contribution is 2.57. The number of carbonyl (C=O) groups excluding carboxylic acids is 1. The van der Waals surface area contributed by atoms with Gasteiger partial charge < -0.3 is 9.47 Å². The normalized spacial score (nSPS) is 34.5. The predicted octanol–water partition coefficient (Wildman–Crippen LogP) is 4.27. The maximum Gasteiger partial charge on any atom is 0.303 e. The first-order chi connectivity index (χ1) is 10.3. The molecule has 4 atom stereocenters. The molecule has 0 aromatic heterocycles. The number of hydrogen-bond acceptors (Lipinski definition) is 3. The van der Waals surface area contributed by atoms with Gasteiger partial charge in [-0.3, -0.25) is 4.79 Å². The highest BCUT2D eigenvalue weighted by atomic mass is 16.6. The van der Waals surface area contributed by atoms with E-state index >= 15 is 0 Å². The molecule has 1 saturated carbocycles. The molecule has 0 spiro atoms. The van der Waals surface area contributed by atoms with Crippen LogP contribution in [0.3, 0.4) is 0 Å². The van der Waals surface area contributed by atoms with E-state index in [2.05, 4.69) is 32.9 Å². The maximum atomic E-state index is 11.7. The minimum absolute atomic E-state index is 0.0274. The summed E-state index contributed by atoms with van der Waals surface area (Å²) in [4.78, 5) is 11.7. The second kappa shape index (κ2) is 5.38. The van der Waals surface area contributed by atoms with Gasteiger partial charge in [0, 0.05) is 6.92 Å². The number of fused-ring (bicyclic) bond motifs is 1. The summed E-state index contributed by atoms with van der Waals surface area (Å²) < 4.78 is 12.0. The van der Waals surface area contributed by atoms with E-state index in [-0.39, 0.29) is 23.6 Å². The molecule has 1 aliphatic carbocycles.